The van der Waals surface area contributed by atoms with Gasteiger partial charge in [0, 0.05) is 28.1 Å². The monoisotopic (exact) mass is 531 g/mol. The van der Waals surface area contributed by atoms with Gasteiger partial charge in [-0.2, -0.15) is 0 Å². The van der Waals surface area contributed by atoms with Crippen LogP contribution in [0.1, 0.15) is 41.3 Å². The van der Waals surface area contributed by atoms with Gasteiger partial charge in [0.2, 0.25) is 0 Å². The Balaban J connectivity index is 1.31. The predicted octanol–water partition coefficient (Wildman–Crippen LogP) is 6.23. The summed E-state index contributed by atoms with van der Waals surface area (Å²) in [5, 5.41) is 3.74. The highest BCUT2D eigenvalue weighted by molar-refractivity contribution is 8.04. The van der Waals surface area contributed by atoms with Gasteiger partial charge < -0.3 is 10.2 Å². The molecule has 0 aliphatic carbocycles. The van der Waals surface area contributed by atoms with E-state index in [9.17, 15) is 9.59 Å². The van der Waals surface area contributed by atoms with Crippen LogP contribution in [0.15, 0.2) is 82.6 Å². The number of likely N-dealkylation sites (tertiary alicyclic amines) is 1. The number of para-hydroxylation sites is 1. The lowest BCUT2D eigenvalue weighted by molar-refractivity contribution is -0.114. The third kappa shape index (κ3) is 5.93. The summed E-state index contributed by atoms with van der Waals surface area (Å²) in [6.07, 6.45) is 4.21. The Morgan fingerprint density at radius 3 is 2.70 bits per heavy atom. The number of halogens is 1. The maximum atomic E-state index is 13.6. The minimum atomic E-state index is -0.0631. The fourth-order valence-electron chi connectivity index (χ4n) is 4.97. The fraction of sp³-hybridized carbons (Fsp3) is 0.267. The van der Waals surface area contributed by atoms with Gasteiger partial charge in [0.25, 0.3) is 11.8 Å². The van der Waals surface area contributed by atoms with Crippen LogP contribution in [0, 0.1) is 0 Å². The van der Waals surface area contributed by atoms with E-state index >= 15 is 0 Å². The Hall–Kier alpha value is -3.06. The Bertz CT molecular complexity index is 1320. The van der Waals surface area contributed by atoms with E-state index in [1.54, 1.807) is 4.90 Å². The van der Waals surface area contributed by atoms with Crippen molar-refractivity contribution in [1.82, 2.24) is 10.2 Å². The van der Waals surface area contributed by atoms with E-state index in [2.05, 4.69) is 17.1 Å². The molecule has 1 atom stereocenters. The quantitative estimate of drug-likeness (QED) is 0.367. The minimum Gasteiger partial charge on any atom is -0.350 e. The maximum absolute atomic E-state index is 13.6. The molecule has 5 rings (SSSR count). The van der Waals surface area contributed by atoms with Gasteiger partial charge in [-0.3, -0.25) is 14.5 Å². The number of hydrogen-bond acceptors (Lipinski definition) is 4. The first-order valence-electron chi connectivity index (χ1n) is 12.7. The van der Waals surface area contributed by atoms with Crippen molar-refractivity contribution in [3.05, 3.63) is 99.4 Å². The number of anilines is 1. The second kappa shape index (κ2) is 11.5. The number of fused-ring (bicyclic) bond motifs is 1. The molecule has 2 amide bonds. The topological polar surface area (TPSA) is 52.7 Å². The summed E-state index contributed by atoms with van der Waals surface area (Å²) in [6.45, 7) is 5.40. The van der Waals surface area contributed by atoms with Crippen molar-refractivity contribution in [2.75, 3.05) is 24.5 Å². The van der Waals surface area contributed by atoms with E-state index in [-0.39, 0.29) is 11.8 Å². The van der Waals surface area contributed by atoms with Gasteiger partial charge in [-0.1, -0.05) is 66.7 Å². The fourth-order valence-corrected chi connectivity index (χ4v) is 6.25. The number of nitrogens with zero attached hydrogens (tertiary/aromatic N) is 2. The van der Waals surface area contributed by atoms with Crippen LogP contribution in [0.4, 0.5) is 5.69 Å². The highest BCUT2D eigenvalue weighted by Crippen LogP contribution is 2.42. The average molecular weight is 532 g/mol. The smallest absolute Gasteiger partial charge is 0.265 e. The highest BCUT2D eigenvalue weighted by atomic mass is 35.5. The van der Waals surface area contributed by atoms with E-state index in [1.807, 2.05) is 78.9 Å². The van der Waals surface area contributed by atoms with Crippen LogP contribution in [0.2, 0.25) is 5.02 Å². The van der Waals surface area contributed by atoms with Crippen LogP contribution in [0.5, 0.6) is 0 Å². The highest BCUT2D eigenvalue weighted by Gasteiger charge is 2.29. The van der Waals surface area contributed by atoms with E-state index in [4.69, 9.17) is 11.6 Å². The van der Waals surface area contributed by atoms with Gasteiger partial charge in [0.15, 0.2) is 0 Å². The lowest BCUT2D eigenvalue weighted by atomic mass is 10.1. The number of benzene rings is 3. The van der Waals surface area contributed by atoms with Crippen molar-refractivity contribution in [2.24, 2.45) is 0 Å². The van der Waals surface area contributed by atoms with E-state index < -0.39 is 0 Å². The molecule has 0 spiro atoms. The van der Waals surface area contributed by atoms with Gasteiger partial charge in [-0.15, -0.1) is 0 Å². The number of rotatable bonds is 7. The molecule has 0 aromatic heterocycles. The number of likely N-dealkylation sites (N-methyl/N-ethyl adjacent to an activating group) is 1. The Kier molecular flexibility index (Phi) is 7.99. The second-order valence-corrected chi connectivity index (χ2v) is 10.9. The lowest BCUT2D eigenvalue weighted by Crippen LogP contribution is -2.40. The molecule has 1 N–H and O–H groups in total. The Morgan fingerprint density at radius 2 is 1.92 bits per heavy atom. The average Bonchev–Trinajstić information content (AvgIpc) is 3.38. The number of amides is 2. The van der Waals surface area contributed by atoms with Crippen LogP contribution in [0.25, 0.3) is 6.08 Å². The zero-order valence-electron chi connectivity index (χ0n) is 20.8. The van der Waals surface area contributed by atoms with Gasteiger partial charge in [0.05, 0.1) is 17.1 Å². The number of thioether (sulfide) groups is 1. The Morgan fingerprint density at radius 1 is 1.11 bits per heavy atom. The molecule has 0 bridgehead atoms. The second-order valence-electron chi connectivity index (χ2n) is 9.36. The van der Waals surface area contributed by atoms with Crippen LogP contribution >= 0.6 is 23.4 Å². The summed E-state index contributed by atoms with van der Waals surface area (Å²) >= 11 is 7.66. The molecule has 2 aliphatic heterocycles. The molecular formula is C30H30ClN3O2S. The van der Waals surface area contributed by atoms with Crippen molar-refractivity contribution in [3.8, 4) is 0 Å². The van der Waals surface area contributed by atoms with Crippen LogP contribution in [-0.2, 0) is 11.3 Å². The summed E-state index contributed by atoms with van der Waals surface area (Å²) in [5.41, 5.74) is 3.36. The number of carbonyl (C=O) groups excluding carboxylic acids is 2. The third-order valence-corrected chi connectivity index (χ3v) is 8.25. The number of carbonyl (C=O) groups is 2. The molecule has 3 aromatic carbocycles. The van der Waals surface area contributed by atoms with Gasteiger partial charge >= 0.3 is 0 Å². The van der Waals surface area contributed by atoms with Gasteiger partial charge in [-0.05, 0) is 79.5 Å². The minimum absolute atomic E-state index is 0.0532. The Labute approximate surface area is 227 Å². The van der Waals surface area contributed by atoms with Crippen LogP contribution in [0.3, 0.4) is 0 Å². The summed E-state index contributed by atoms with van der Waals surface area (Å²) in [4.78, 5) is 32.1. The summed E-state index contributed by atoms with van der Waals surface area (Å²) in [7, 11) is 0. The molecular weight excluding hydrogens is 502 g/mol. The molecule has 1 unspecified atom stereocenters. The van der Waals surface area contributed by atoms with Crippen molar-refractivity contribution < 1.29 is 9.59 Å². The zero-order valence-corrected chi connectivity index (χ0v) is 22.4. The number of hydrogen-bond donors (Lipinski definition) is 1. The first-order valence-corrected chi connectivity index (χ1v) is 13.9. The summed E-state index contributed by atoms with van der Waals surface area (Å²) in [5.74, 6) is -0.116. The molecule has 0 radical (unpaired) electrons. The van der Waals surface area contributed by atoms with Crippen LogP contribution in [-0.4, -0.2) is 42.4 Å². The van der Waals surface area contributed by atoms with Gasteiger partial charge in [-0.25, -0.2) is 0 Å². The molecule has 0 saturated carbocycles. The van der Waals surface area contributed by atoms with Crippen molar-refractivity contribution in [3.63, 3.8) is 0 Å². The van der Waals surface area contributed by atoms with Crippen molar-refractivity contribution in [1.29, 1.82) is 0 Å². The maximum Gasteiger partial charge on any atom is 0.265 e. The molecule has 190 valence electrons. The molecule has 2 aliphatic rings. The van der Waals surface area contributed by atoms with Crippen molar-refractivity contribution in [2.45, 2.75) is 37.2 Å². The summed E-state index contributed by atoms with van der Waals surface area (Å²) in [6, 6.07) is 23.4. The molecule has 7 heteroatoms. The van der Waals surface area contributed by atoms with E-state index in [1.165, 1.54) is 18.2 Å². The molecule has 3 aromatic rings. The largest absolute Gasteiger partial charge is 0.350 e. The predicted molar refractivity (Wildman–Crippen MR) is 152 cm³/mol. The normalized spacial score (nSPS) is 18.8. The van der Waals surface area contributed by atoms with E-state index in [0.29, 0.717) is 34.6 Å². The van der Waals surface area contributed by atoms with Gasteiger partial charge in [0.1, 0.15) is 0 Å². The molecule has 2 heterocycles. The lowest BCUT2D eigenvalue weighted by Gasteiger charge is -2.30. The SMILES string of the molecule is CCN1CCCC1CNC(=O)c1ccc(C=C2Sc3ccccc3N(Cc3cccc(Cl)c3)C2=O)cc1. The zero-order chi connectivity index (χ0) is 25.8. The third-order valence-electron chi connectivity index (χ3n) is 6.94. The summed E-state index contributed by atoms with van der Waals surface area (Å²) < 4.78 is 0. The number of nitrogens with one attached hydrogen (secondary N) is 1. The molecule has 37 heavy (non-hydrogen) atoms. The first kappa shape index (κ1) is 25.6. The standard InChI is InChI=1S/C30H30ClN3O2S/c1-2-33-16-6-9-25(33)19-32-29(35)23-14-12-21(13-15-23)18-28-30(36)34(20-22-7-5-8-24(31)17-22)26-10-3-4-11-27(26)37-28/h3-5,7-8,10-15,17-18,25H,2,6,9,16,19-20H2,1H3,(H,32,35). The molecule has 5 nitrogen and oxygen atoms in total. The molecule has 1 saturated heterocycles. The van der Waals surface area contributed by atoms with E-state index in [0.717, 1.165) is 41.2 Å². The molecule has 1 fully saturated rings. The van der Waals surface area contributed by atoms with Crippen LogP contribution < -0.4 is 10.2 Å². The van der Waals surface area contributed by atoms with Crippen molar-refractivity contribution >= 4 is 46.9 Å². The first-order chi connectivity index (χ1) is 18.0.